The van der Waals surface area contributed by atoms with E-state index in [4.69, 9.17) is 4.74 Å². The number of benzene rings is 2. The molecular formula is C20H21N3O3S. The van der Waals surface area contributed by atoms with Gasteiger partial charge in [0.25, 0.3) is 5.91 Å². The highest BCUT2D eigenvalue weighted by Crippen LogP contribution is 2.31. The number of thiazole rings is 1. The number of aromatic nitrogens is 1. The average molecular weight is 383 g/mol. The molecule has 3 N–H and O–H groups in total. The molecule has 0 aliphatic heterocycles. The topological polar surface area (TPSA) is 83.5 Å². The molecule has 0 fully saturated rings. The van der Waals surface area contributed by atoms with Gasteiger partial charge in [0.15, 0.2) is 5.13 Å². The normalized spacial score (nSPS) is 10.5. The number of hydrogen-bond donors (Lipinski definition) is 3. The van der Waals surface area contributed by atoms with Crippen LogP contribution < -0.4 is 15.4 Å². The Morgan fingerprint density at radius 2 is 2.00 bits per heavy atom. The Balaban J connectivity index is 1.76. The third kappa shape index (κ3) is 4.20. The molecule has 1 aromatic heterocycles. The van der Waals surface area contributed by atoms with Crippen molar-refractivity contribution in [2.75, 3.05) is 17.2 Å². The SMILES string of the molecule is CCOc1ccccc1Nc1ncc(C(=O)Nc2c(C)ccc(O)c2C)s1. The number of phenolic OH excluding ortho intramolecular Hbond substituents is 1. The minimum Gasteiger partial charge on any atom is -0.508 e. The molecule has 1 amide bonds. The number of anilines is 3. The summed E-state index contributed by atoms with van der Waals surface area (Å²) in [5.41, 5.74) is 2.92. The molecule has 2 aromatic carbocycles. The molecule has 0 bridgehead atoms. The number of amides is 1. The molecule has 3 aromatic rings. The van der Waals surface area contributed by atoms with E-state index in [1.807, 2.05) is 38.1 Å². The van der Waals surface area contributed by atoms with Crippen LogP contribution in [0.1, 0.15) is 27.7 Å². The second-order valence-corrected chi connectivity index (χ2v) is 6.97. The maximum Gasteiger partial charge on any atom is 0.267 e. The van der Waals surface area contributed by atoms with Crippen molar-refractivity contribution in [3.63, 3.8) is 0 Å². The van der Waals surface area contributed by atoms with Crippen molar-refractivity contribution < 1.29 is 14.6 Å². The molecule has 6 nitrogen and oxygen atoms in total. The zero-order chi connectivity index (χ0) is 19.4. The van der Waals surface area contributed by atoms with E-state index in [2.05, 4.69) is 15.6 Å². The van der Waals surface area contributed by atoms with Crippen LogP contribution in [0.5, 0.6) is 11.5 Å². The fraction of sp³-hybridized carbons (Fsp3) is 0.200. The monoisotopic (exact) mass is 383 g/mol. The highest BCUT2D eigenvalue weighted by molar-refractivity contribution is 7.17. The number of para-hydroxylation sites is 2. The van der Waals surface area contributed by atoms with Gasteiger partial charge in [0.2, 0.25) is 0 Å². The second kappa shape index (κ2) is 8.09. The zero-order valence-electron chi connectivity index (χ0n) is 15.4. The summed E-state index contributed by atoms with van der Waals surface area (Å²) < 4.78 is 5.59. The van der Waals surface area contributed by atoms with E-state index >= 15 is 0 Å². The van der Waals surface area contributed by atoms with E-state index in [1.54, 1.807) is 19.1 Å². The Labute approximate surface area is 161 Å². The first kappa shape index (κ1) is 18.7. The second-order valence-electron chi connectivity index (χ2n) is 5.94. The fourth-order valence-corrected chi connectivity index (χ4v) is 3.33. The Morgan fingerprint density at radius 1 is 1.22 bits per heavy atom. The molecule has 0 saturated heterocycles. The van der Waals surface area contributed by atoms with Crippen LogP contribution in [0.15, 0.2) is 42.6 Å². The van der Waals surface area contributed by atoms with Gasteiger partial charge in [0.05, 0.1) is 24.2 Å². The van der Waals surface area contributed by atoms with Gasteiger partial charge in [0, 0.05) is 5.56 Å². The van der Waals surface area contributed by atoms with Gasteiger partial charge in [-0.3, -0.25) is 4.79 Å². The summed E-state index contributed by atoms with van der Waals surface area (Å²) in [4.78, 5) is 17.3. The average Bonchev–Trinajstić information content (AvgIpc) is 3.12. The lowest BCUT2D eigenvalue weighted by molar-refractivity contribution is 0.103. The quantitative estimate of drug-likeness (QED) is 0.566. The summed E-state index contributed by atoms with van der Waals surface area (Å²) in [5, 5.41) is 16.5. The number of carbonyl (C=O) groups is 1. The van der Waals surface area contributed by atoms with Crippen molar-refractivity contribution in [2.24, 2.45) is 0 Å². The fourth-order valence-electron chi connectivity index (χ4n) is 2.61. The molecule has 0 aliphatic rings. The Morgan fingerprint density at radius 3 is 2.78 bits per heavy atom. The van der Waals surface area contributed by atoms with Gasteiger partial charge in [-0.25, -0.2) is 4.98 Å². The molecule has 7 heteroatoms. The number of aryl methyl sites for hydroxylation is 1. The van der Waals surface area contributed by atoms with Crippen LogP contribution in [-0.4, -0.2) is 22.6 Å². The van der Waals surface area contributed by atoms with Crippen LogP contribution in [0.4, 0.5) is 16.5 Å². The van der Waals surface area contributed by atoms with Crippen LogP contribution in [0.3, 0.4) is 0 Å². The summed E-state index contributed by atoms with van der Waals surface area (Å²) in [5.74, 6) is 0.609. The molecule has 3 rings (SSSR count). The molecule has 1 heterocycles. The lowest BCUT2D eigenvalue weighted by Crippen LogP contribution is -2.12. The summed E-state index contributed by atoms with van der Waals surface area (Å²) in [6.45, 7) is 6.13. The first-order valence-electron chi connectivity index (χ1n) is 8.54. The summed E-state index contributed by atoms with van der Waals surface area (Å²) >= 11 is 1.25. The number of ether oxygens (including phenoxy) is 1. The molecule has 0 unspecified atom stereocenters. The Kier molecular flexibility index (Phi) is 5.61. The van der Waals surface area contributed by atoms with Gasteiger partial charge in [0.1, 0.15) is 16.4 Å². The molecule has 140 valence electrons. The predicted octanol–water partition coefficient (Wildman–Crippen LogP) is 4.86. The third-order valence-corrected chi connectivity index (χ3v) is 4.95. The predicted molar refractivity (Wildman–Crippen MR) is 109 cm³/mol. The van der Waals surface area contributed by atoms with Gasteiger partial charge in [-0.2, -0.15) is 0 Å². The number of nitrogens with zero attached hydrogens (tertiary/aromatic N) is 1. The van der Waals surface area contributed by atoms with Crippen molar-refractivity contribution in [1.82, 2.24) is 4.98 Å². The van der Waals surface area contributed by atoms with Crippen molar-refractivity contribution in [2.45, 2.75) is 20.8 Å². The van der Waals surface area contributed by atoms with E-state index in [1.165, 1.54) is 17.5 Å². The number of phenols is 1. The number of aromatic hydroxyl groups is 1. The van der Waals surface area contributed by atoms with Crippen molar-refractivity contribution >= 4 is 33.8 Å². The van der Waals surface area contributed by atoms with Crippen molar-refractivity contribution in [3.8, 4) is 11.5 Å². The first-order valence-corrected chi connectivity index (χ1v) is 9.36. The van der Waals surface area contributed by atoms with E-state index in [0.29, 0.717) is 27.9 Å². The van der Waals surface area contributed by atoms with Crippen LogP contribution >= 0.6 is 11.3 Å². The number of nitrogens with one attached hydrogen (secondary N) is 2. The smallest absolute Gasteiger partial charge is 0.267 e. The zero-order valence-corrected chi connectivity index (χ0v) is 16.2. The van der Waals surface area contributed by atoms with Crippen LogP contribution in [0.25, 0.3) is 0 Å². The van der Waals surface area contributed by atoms with Gasteiger partial charge in [-0.05, 0) is 44.5 Å². The highest BCUT2D eigenvalue weighted by Gasteiger charge is 2.15. The molecule has 27 heavy (non-hydrogen) atoms. The highest BCUT2D eigenvalue weighted by atomic mass is 32.1. The van der Waals surface area contributed by atoms with Gasteiger partial charge in [-0.15, -0.1) is 0 Å². The van der Waals surface area contributed by atoms with Gasteiger partial charge < -0.3 is 20.5 Å². The minimum atomic E-state index is -0.268. The lowest BCUT2D eigenvalue weighted by Gasteiger charge is -2.12. The molecule has 0 saturated carbocycles. The van der Waals surface area contributed by atoms with Gasteiger partial charge >= 0.3 is 0 Å². The van der Waals surface area contributed by atoms with E-state index in [-0.39, 0.29) is 11.7 Å². The van der Waals surface area contributed by atoms with Crippen molar-refractivity contribution in [1.29, 1.82) is 0 Å². The maximum atomic E-state index is 12.6. The maximum absolute atomic E-state index is 12.6. The third-order valence-electron chi connectivity index (χ3n) is 4.04. The molecule has 0 spiro atoms. The van der Waals surface area contributed by atoms with E-state index in [9.17, 15) is 9.90 Å². The number of rotatable bonds is 6. The van der Waals surface area contributed by atoms with Gasteiger partial charge in [-0.1, -0.05) is 29.5 Å². The molecule has 0 radical (unpaired) electrons. The minimum absolute atomic E-state index is 0.148. The summed E-state index contributed by atoms with van der Waals surface area (Å²) in [6, 6.07) is 11.0. The number of hydrogen-bond acceptors (Lipinski definition) is 6. The van der Waals surface area contributed by atoms with Crippen LogP contribution in [0, 0.1) is 13.8 Å². The van der Waals surface area contributed by atoms with Crippen LogP contribution in [-0.2, 0) is 0 Å². The molecular weight excluding hydrogens is 362 g/mol. The summed E-state index contributed by atoms with van der Waals surface area (Å²) in [6.07, 6.45) is 1.53. The largest absolute Gasteiger partial charge is 0.508 e. The lowest BCUT2D eigenvalue weighted by atomic mass is 10.1. The molecule has 0 atom stereocenters. The first-order chi connectivity index (χ1) is 13.0. The van der Waals surface area contributed by atoms with Crippen molar-refractivity contribution in [3.05, 3.63) is 58.6 Å². The molecule has 0 aliphatic carbocycles. The standard InChI is InChI=1S/C20H21N3O3S/c1-4-26-16-8-6-5-7-14(16)22-20-21-11-17(27-20)19(25)23-18-12(2)9-10-15(24)13(18)3/h5-11,24H,4H2,1-3H3,(H,21,22)(H,23,25). The van der Waals surface area contributed by atoms with E-state index in [0.717, 1.165) is 17.0 Å². The van der Waals surface area contributed by atoms with E-state index < -0.39 is 0 Å². The van der Waals surface area contributed by atoms with Crippen LogP contribution in [0.2, 0.25) is 0 Å². The Bertz CT molecular complexity index is 969. The summed E-state index contributed by atoms with van der Waals surface area (Å²) in [7, 11) is 0. The number of carbonyl (C=O) groups excluding carboxylic acids is 1. The Hall–Kier alpha value is -3.06.